The van der Waals surface area contributed by atoms with E-state index in [-0.39, 0.29) is 23.9 Å². The lowest BCUT2D eigenvalue weighted by molar-refractivity contribution is 0.0185. The van der Waals surface area contributed by atoms with Crippen LogP contribution in [0.15, 0.2) is 48.7 Å². The van der Waals surface area contributed by atoms with Crippen LogP contribution in [0.1, 0.15) is 54.3 Å². The Labute approximate surface area is 224 Å². The SMILES string of the molecule is CNC(=O)c1ccc(-c2cn3c(n2)sc2cc(C(=O)N[C@H]4CCCN(C(=O)OC(C)(C)C)C4)ccc23)cc1. The third-order valence-electron chi connectivity index (χ3n) is 6.43. The van der Waals surface area contributed by atoms with E-state index < -0.39 is 5.60 Å². The minimum absolute atomic E-state index is 0.127. The lowest BCUT2D eigenvalue weighted by Crippen LogP contribution is -2.50. The molecule has 9 nitrogen and oxygen atoms in total. The highest BCUT2D eigenvalue weighted by atomic mass is 32.1. The number of fused-ring (bicyclic) bond motifs is 3. The van der Waals surface area contributed by atoms with Crippen molar-refractivity contribution >= 4 is 44.4 Å². The van der Waals surface area contributed by atoms with Gasteiger partial charge < -0.3 is 20.3 Å². The summed E-state index contributed by atoms with van der Waals surface area (Å²) in [4.78, 5) is 44.6. The molecular weight excluding hydrogens is 502 g/mol. The van der Waals surface area contributed by atoms with Crippen molar-refractivity contribution in [3.63, 3.8) is 0 Å². The molecule has 0 radical (unpaired) electrons. The fraction of sp³-hybridized carbons (Fsp3) is 0.357. The predicted molar refractivity (Wildman–Crippen MR) is 148 cm³/mol. The predicted octanol–water partition coefficient (Wildman–Crippen LogP) is 4.70. The number of carbonyl (C=O) groups excluding carboxylic acids is 3. The molecule has 198 valence electrons. The monoisotopic (exact) mass is 533 g/mol. The van der Waals surface area contributed by atoms with E-state index in [4.69, 9.17) is 9.72 Å². The summed E-state index contributed by atoms with van der Waals surface area (Å²) in [5.74, 6) is -0.289. The van der Waals surface area contributed by atoms with E-state index >= 15 is 0 Å². The van der Waals surface area contributed by atoms with Gasteiger partial charge in [0.05, 0.1) is 15.9 Å². The van der Waals surface area contributed by atoms with Crippen molar-refractivity contribution in [3.8, 4) is 11.3 Å². The Hall–Kier alpha value is -3.92. The molecule has 10 heteroatoms. The number of imidazole rings is 1. The number of ether oxygens (including phenoxy) is 1. The molecule has 1 aliphatic rings. The largest absolute Gasteiger partial charge is 0.444 e. The zero-order valence-electron chi connectivity index (χ0n) is 21.9. The van der Waals surface area contributed by atoms with Crippen LogP contribution in [0.3, 0.4) is 0 Å². The van der Waals surface area contributed by atoms with Crippen LogP contribution < -0.4 is 10.6 Å². The molecule has 0 bridgehead atoms. The summed E-state index contributed by atoms with van der Waals surface area (Å²) in [6.07, 6.45) is 3.24. The summed E-state index contributed by atoms with van der Waals surface area (Å²) >= 11 is 1.51. The Bertz CT molecular complexity index is 1520. The van der Waals surface area contributed by atoms with Crippen LogP contribution in [-0.2, 0) is 4.74 Å². The molecule has 5 rings (SSSR count). The molecule has 1 fully saturated rings. The number of amides is 3. The van der Waals surface area contributed by atoms with E-state index in [0.29, 0.717) is 24.2 Å². The molecule has 2 N–H and O–H groups in total. The Balaban J connectivity index is 1.29. The number of hydrogen-bond acceptors (Lipinski definition) is 6. The van der Waals surface area contributed by atoms with Crippen molar-refractivity contribution < 1.29 is 19.1 Å². The molecule has 0 spiro atoms. The second-order valence-corrected chi connectivity index (χ2v) is 11.5. The number of nitrogens with one attached hydrogen (secondary N) is 2. The van der Waals surface area contributed by atoms with Crippen LogP contribution in [0.2, 0.25) is 0 Å². The normalized spacial score (nSPS) is 16.0. The topological polar surface area (TPSA) is 105 Å². The number of nitrogens with zero attached hydrogens (tertiary/aromatic N) is 3. The highest BCUT2D eigenvalue weighted by molar-refractivity contribution is 7.23. The van der Waals surface area contributed by atoms with Gasteiger partial charge in [0.1, 0.15) is 5.60 Å². The second kappa shape index (κ2) is 10.1. The van der Waals surface area contributed by atoms with Crippen molar-refractivity contribution in [2.24, 2.45) is 0 Å². The minimum atomic E-state index is -0.554. The first-order valence-electron chi connectivity index (χ1n) is 12.6. The first-order valence-corrected chi connectivity index (χ1v) is 13.5. The molecule has 1 aliphatic heterocycles. The number of thiazole rings is 1. The molecule has 2 aromatic heterocycles. The lowest BCUT2D eigenvalue weighted by Gasteiger charge is -2.34. The zero-order valence-corrected chi connectivity index (χ0v) is 22.7. The summed E-state index contributed by atoms with van der Waals surface area (Å²) in [5, 5.41) is 5.71. The van der Waals surface area contributed by atoms with E-state index in [1.165, 1.54) is 11.3 Å². The summed E-state index contributed by atoms with van der Waals surface area (Å²) in [7, 11) is 1.61. The van der Waals surface area contributed by atoms with Crippen LogP contribution in [0, 0.1) is 0 Å². The van der Waals surface area contributed by atoms with Crippen molar-refractivity contribution in [2.45, 2.75) is 45.3 Å². The van der Waals surface area contributed by atoms with Gasteiger partial charge >= 0.3 is 6.09 Å². The Morgan fingerprint density at radius 3 is 2.50 bits per heavy atom. The molecule has 0 saturated carbocycles. The van der Waals surface area contributed by atoms with Crippen LogP contribution in [-0.4, -0.2) is 64.0 Å². The maximum Gasteiger partial charge on any atom is 0.410 e. The van der Waals surface area contributed by atoms with Crippen LogP contribution in [0.4, 0.5) is 4.79 Å². The molecule has 38 heavy (non-hydrogen) atoms. The van der Waals surface area contributed by atoms with Gasteiger partial charge in [-0.15, -0.1) is 0 Å². The molecule has 2 aromatic carbocycles. The van der Waals surface area contributed by atoms with Crippen molar-refractivity contribution in [1.82, 2.24) is 24.9 Å². The molecule has 3 amide bonds. The molecule has 1 saturated heterocycles. The summed E-state index contributed by atoms with van der Waals surface area (Å²) in [5.41, 5.74) is 3.32. The number of carbonyl (C=O) groups is 3. The zero-order chi connectivity index (χ0) is 27.0. The van der Waals surface area contributed by atoms with Gasteiger partial charge in [-0.2, -0.15) is 0 Å². The van der Waals surface area contributed by atoms with E-state index in [1.54, 1.807) is 24.1 Å². The Kier molecular flexibility index (Phi) is 6.83. The van der Waals surface area contributed by atoms with Gasteiger partial charge in [-0.05, 0) is 63.9 Å². The number of hydrogen-bond donors (Lipinski definition) is 2. The van der Waals surface area contributed by atoms with Gasteiger partial charge in [0.25, 0.3) is 11.8 Å². The van der Waals surface area contributed by atoms with Crippen molar-refractivity contribution in [1.29, 1.82) is 0 Å². The number of likely N-dealkylation sites (tertiary alicyclic amines) is 1. The standard InChI is InChI=1S/C28H31N5O4S/c1-28(2,3)37-27(36)32-13-5-6-20(15-32)30-25(35)19-11-12-22-23(14-19)38-26-31-21(16-33(22)26)17-7-9-18(10-8-17)24(34)29-4/h7-12,14,16,20H,5-6,13,15H2,1-4H3,(H,29,34)(H,30,35)/t20-/m0/s1. The van der Waals surface area contributed by atoms with E-state index in [0.717, 1.165) is 39.3 Å². The molecule has 0 aliphatic carbocycles. The second-order valence-electron chi connectivity index (χ2n) is 10.5. The summed E-state index contributed by atoms with van der Waals surface area (Å²) in [6.45, 7) is 6.60. The van der Waals surface area contributed by atoms with Crippen LogP contribution in [0.25, 0.3) is 26.4 Å². The highest BCUT2D eigenvalue weighted by Crippen LogP contribution is 2.30. The van der Waals surface area contributed by atoms with Crippen molar-refractivity contribution in [3.05, 3.63) is 59.8 Å². The fourth-order valence-electron chi connectivity index (χ4n) is 4.57. The average molecular weight is 534 g/mol. The molecule has 0 unspecified atom stereocenters. The van der Waals surface area contributed by atoms with Gasteiger partial charge in [0.2, 0.25) is 0 Å². The Morgan fingerprint density at radius 2 is 1.79 bits per heavy atom. The third-order valence-corrected chi connectivity index (χ3v) is 7.45. The number of piperidine rings is 1. The summed E-state index contributed by atoms with van der Waals surface area (Å²) < 4.78 is 8.47. The Morgan fingerprint density at radius 1 is 1.05 bits per heavy atom. The van der Waals surface area contributed by atoms with E-state index in [9.17, 15) is 14.4 Å². The first kappa shape index (κ1) is 25.7. The average Bonchev–Trinajstić information content (AvgIpc) is 3.45. The van der Waals surface area contributed by atoms with Gasteiger partial charge in [-0.3, -0.25) is 14.0 Å². The maximum atomic E-state index is 13.1. The van der Waals surface area contributed by atoms with Crippen LogP contribution >= 0.6 is 11.3 Å². The quantitative estimate of drug-likeness (QED) is 0.396. The van der Waals surface area contributed by atoms with E-state index in [1.807, 2.05) is 61.7 Å². The van der Waals surface area contributed by atoms with E-state index in [2.05, 4.69) is 10.6 Å². The summed E-state index contributed by atoms with van der Waals surface area (Å²) in [6, 6.07) is 12.8. The maximum absolute atomic E-state index is 13.1. The lowest BCUT2D eigenvalue weighted by atomic mass is 10.1. The molecular formula is C28H31N5O4S. The first-order chi connectivity index (χ1) is 18.1. The van der Waals surface area contributed by atoms with Crippen molar-refractivity contribution in [2.75, 3.05) is 20.1 Å². The van der Waals surface area contributed by atoms with Gasteiger partial charge in [0, 0.05) is 49.1 Å². The molecule has 1 atom stereocenters. The fourth-order valence-corrected chi connectivity index (χ4v) is 5.62. The van der Waals surface area contributed by atoms with Gasteiger partial charge in [0.15, 0.2) is 4.96 Å². The molecule has 4 aromatic rings. The minimum Gasteiger partial charge on any atom is -0.444 e. The number of aromatic nitrogens is 2. The van der Waals surface area contributed by atoms with Gasteiger partial charge in [-0.1, -0.05) is 23.5 Å². The third kappa shape index (κ3) is 5.35. The number of rotatable bonds is 4. The smallest absolute Gasteiger partial charge is 0.410 e. The number of benzene rings is 2. The van der Waals surface area contributed by atoms with Crippen LogP contribution in [0.5, 0.6) is 0 Å². The molecule has 3 heterocycles. The highest BCUT2D eigenvalue weighted by Gasteiger charge is 2.28. The van der Waals surface area contributed by atoms with Gasteiger partial charge in [-0.25, -0.2) is 9.78 Å².